The van der Waals surface area contributed by atoms with E-state index in [4.69, 9.17) is 0 Å². The first-order valence-corrected chi connectivity index (χ1v) is 14.8. The normalized spacial score (nSPS) is 16.6. The highest BCUT2D eigenvalue weighted by molar-refractivity contribution is 5.92. The van der Waals surface area contributed by atoms with Gasteiger partial charge in [-0.15, -0.1) is 0 Å². The molecule has 3 aliphatic rings. The van der Waals surface area contributed by atoms with Crippen LogP contribution in [0.1, 0.15) is 58.1 Å². The number of allylic oxidation sites excluding steroid dienone is 5. The molecule has 1 aromatic heterocycles. The van der Waals surface area contributed by atoms with E-state index in [1.54, 1.807) is 0 Å². The van der Waals surface area contributed by atoms with Crippen LogP contribution in [0.3, 0.4) is 0 Å². The van der Waals surface area contributed by atoms with Crippen molar-refractivity contribution in [2.75, 3.05) is 4.90 Å². The molecular weight excluding hydrogens is 496 g/mol. The van der Waals surface area contributed by atoms with E-state index in [-0.39, 0.29) is 0 Å². The van der Waals surface area contributed by atoms with Crippen LogP contribution in [0.2, 0.25) is 0 Å². The van der Waals surface area contributed by atoms with Crippen molar-refractivity contribution in [2.45, 2.75) is 46.0 Å². The molecule has 0 saturated heterocycles. The summed E-state index contributed by atoms with van der Waals surface area (Å²) in [4.78, 5) is 2.37. The van der Waals surface area contributed by atoms with E-state index in [9.17, 15) is 0 Å². The average molecular weight is 533 g/mol. The number of fused-ring (bicyclic) bond motifs is 5. The summed E-state index contributed by atoms with van der Waals surface area (Å²) >= 11 is 0. The van der Waals surface area contributed by atoms with Crippen LogP contribution >= 0.6 is 0 Å². The summed E-state index contributed by atoms with van der Waals surface area (Å²) in [5.74, 6) is 0. The molecule has 1 aliphatic heterocycles. The number of rotatable bonds is 4. The first-order chi connectivity index (χ1) is 20.1. The number of nitrogens with zero attached hydrogens (tertiary/aromatic N) is 2. The Bertz CT molecular complexity index is 1820. The summed E-state index contributed by atoms with van der Waals surface area (Å²) in [6.07, 6.45) is 20.3. The van der Waals surface area contributed by atoms with Gasteiger partial charge in [-0.1, -0.05) is 74.7 Å². The molecular formula is C39H36N2. The van der Waals surface area contributed by atoms with Gasteiger partial charge in [0.15, 0.2) is 0 Å². The van der Waals surface area contributed by atoms with E-state index in [1.807, 2.05) is 6.08 Å². The second-order valence-electron chi connectivity index (χ2n) is 11.3. The molecule has 3 aromatic carbocycles. The fourth-order valence-electron chi connectivity index (χ4n) is 7.08. The Balaban J connectivity index is 1.44. The van der Waals surface area contributed by atoms with Gasteiger partial charge in [0, 0.05) is 34.0 Å². The molecule has 0 spiro atoms. The molecule has 2 aliphatic carbocycles. The second-order valence-corrected chi connectivity index (χ2v) is 11.3. The third-order valence-corrected chi connectivity index (χ3v) is 8.99. The maximum Gasteiger partial charge on any atom is 0.0543 e. The minimum absolute atomic E-state index is 0.839. The third kappa shape index (κ3) is 4.01. The molecule has 2 heterocycles. The average Bonchev–Trinajstić information content (AvgIpc) is 3.56. The minimum Gasteiger partial charge on any atom is -0.310 e. The zero-order valence-corrected chi connectivity index (χ0v) is 24.1. The van der Waals surface area contributed by atoms with Gasteiger partial charge in [-0.05, 0) is 120 Å². The molecule has 0 radical (unpaired) electrons. The van der Waals surface area contributed by atoms with Crippen molar-refractivity contribution in [3.63, 3.8) is 0 Å². The van der Waals surface area contributed by atoms with Gasteiger partial charge in [0.2, 0.25) is 0 Å². The largest absolute Gasteiger partial charge is 0.310 e. The van der Waals surface area contributed by atoms with Gasteiger partial charge in [0.1, 0.15) is 0 Å². The highest BCUT2D eigenvalue weighted by Crippen LogP contribution is 2.48. The van der Waals surface area contributed by atoms with Crippen LogP contribution < -0.4 is 4.90 Å². The van der Waals surface area contributed by atoms with Crippen molar-refractivity contribution < 1.29 is 0 Å². The minimum atomic E-state index is 0.839. The fourth-order valence-corrected chi connectivity index (χ4v) is 7.08. The lowest BCUT2D eigenvalue weighted by molar-refractivity contribution is 0.944. The van der Waals surface area contributed by atoms with E-state index in [0.29, 0.717) is 0 Å². The zero-order valence-electron chi connectivity index (χ0n) is 24.1. The lowest BCUT2D eigenvalue weighted by atomic mass is 9.97. The molecule has 0 fully saturated rings. The Hall–Kier alpha value is -4.56. The third-order valence-electron chi connectivity index (χ3n) is 8.99. The Morgan fingerprint density at radius 3 is 2.61 bits per heavy atom. The van der Waals surface area contributed by atoms with E-state index in [2.05, 4.69) is 128 Å². The predicted molar refractivity (Wildman–Crippen MR) is 175 cm³/mol. The van der Waals surface area contributed by atoms with Crippen molar-refractivity contribution in [1.29, 1.82) is 0 Å². The summed E-state index contributed by atoms with van der Waals surface area (Å²) in [5, 5.41) is 0. The lowest BCUT2D eigenvalue weighted by Gasteiger charge is -2.30. The first kappa shape index (κ1) is 25.4. The van der Waals surface area contributed by atoms with Gasteiger partial charge in [0.05, 0.1) is 5.69 Å². The van der Waals surface area contributed by atoms with Crippen molar-refractivity contribution in [2.24, 2.45) is 0 Å². The predicted octanol–water partition coefficient (Wildman–Crippen LogP) is 9.84. The quantitative estimate of drug-likeness (QED) is 0.224. The highest BCUT2D eigenvalue weighted by atomic mass is 15.2. The molecule has 0 N–H and O–H groups in total. The van der Waals surface area contributed by atoms with Crippen LogP contribution in [-0.4, -0.2) is 4.57 Å². The van der Waals surface area contributed by atoms with Crippen LogP contribution in [-0.2, 0) is 25.7 Å². The number of anilines is 2. The highest BCUT2D eigenvalue weighted by Gasteiger charge is 2.28. The van der Waals surface area contributed by atoms with Crippen LogP contribution in [0.25, 0.3) is 29.0 Å². The van der Waals surface area contributed by atoms with Gasteiger partial charge in [-0.2, -0.15) is 0 Å². The van der Waals surface area contributed by atoms with Crippen LogP contribution in [0.15, 0.2) is 104 Å². The van der Waals surface area contributed by atoms with Crippen molar-refractivity contribution in [3.05, 3.63) is 149 Å². The van der Waals surface area contributed by atoms with E-state index >= 15 is 0 Å². The van der Waals surface area contributed by atoms with Gasteiger partial charge >= 0.3 is 0 Å². The number of aryl methyl sites for hydroxylation is 1. The lowest BCUT2D eigenvalue weighted by Crippen LogP contribution is -2.17. The molecule has 0 amide bonds. The van der Waals surface area contributed by atoms with Crippen molar-refractivity contribution >= 4 is 23.5 Å². The summed E-state index contributed by atoms with van der Waals surface area (Å²) in [5.41, 5.74) is 18.1. The summed E-state index contributed by atoms with van der Waals surface area (Å²) in [6.45, 7) is 13.3. The van der Waals surface area contributed by atoms with E-state index in [1.165, 1.54) is 73.0 Å². The van der Waals surface area contributed by atoms with Gasteiger partial charge in [-0.25, -0.2) is 0 Å². The molecule has 7 rings (SSSR count). The number of hydrogen-bond acceptors (Lipinski definition) is 1. The van der Waals surface area contributed by atoms with Crippen LogP contribution in [0, 0.1) is 6.92 Å². The first-order valence-electron chi connectivity index (χ1n) is 14.8. The maximum atomic E-state index is 4.58. The van der Waals surface area contributed by atoms with E-state index < -0.39 is 0 Å². The fraction of sp³-hybridized carbons (Fsp3) is 0.179. The Labute approximate surface area is 244 Å². The summed E-state index contributed by atoms with van der Waals surface area (Å²) in [6, 6.07) is 20.4. The van der Waals surface area contributed by atoms with Gasteiger partial charge < -0.3 is 9.47 Å². The zero-order chi connectivity index (χ0) is 28.1. The SMILES string of the molecule is C=Cc1c(CC)c2c(n1-c1ccc3c(c1)C/C=C\C=C/C(=C)N3c1ccc(C)c3c1-c1ccccc1C3)C=CCC2. The monoisotopic (exact) mass is 532 g/mol. The van der Waals surface area contributed by atoms with Gasteiger partial charge in [-0.3, -0.25) is 0 Å². The van der Waals surface area contributed by atoms with Crippen molar-refractivity contribution in [3.8, 4) is 16.8 Å². The second kappa shape index (κ2) is 10.1. The summed E-state index contributed by atoms with van der Waals surface area (Å²) < 4.78 is 2.42. The standard InChI is InChI=1S/C39H36N2/c1-5-31-33-18-12-13-19-37(33)41(35(31)6-2)30-21-23-36-29(24-30)16-9-7-8-14-27(4)40(36)38-22-20-26(3)34-25-28-15-10-11-17-32(28)39(34)38/h6-11,13-15,17,19-24H,2,4-5,12,16,18,25H2,1,3H3/b9-7-,14-8-. The smallest absolute Gasteiger partial charge is 0.0543 e. The number of aromatic nitrogens is 1. The topological polar surface area (TPSA) is 8.17 Å². The molecule has 0 saturated carbocycles. The Kier molecular flexibility index (Phi) is 6.27. The van der Waals surface area contributed by atoms with E-state index in [0.717, 1.165) is 37.8 Å². The molecule has 0 bridgehead atoms. The van der Waals surface area contributed by atoms with Gasteiger partial charge in [0.25, 0.3) is 0 Å². The molecule has 41 heavy (non-hydrogen) atoms. The van der Waals surface area contributed by atoms with Crippen LogP contribution in [0.4, 0.5) is 11.4 Å². The number of hydrogen-bond donors (Lipinski definition) is 0. The molecule has 4 aromatic rings. The Morgan fingerprint density at radius 2 is 1.76 bits per heavy atom. The number of benzene rings is 3. The summed E-state index contributed by atoms with van der Waals surface area (Å²) in [7, 11) is 0. The van der Waals surface area contributed by atoms with Crippen LogP contribution in [0.5, 0.6) is 0 Å². The molecule has 2 nitrogen and oxygen atoms in total. The molecule has 2 heteroatoms. The Morgan fingerprint density at radius 1 is 0.902 bits per heavy atom. The van der Waals surface area contributed by atoms with Crippen molar-refractivity contribution in [1.82, 2.24) is 4.57 Å². The molecule has 202 valence electrons. The molecule has 0 unspecified atom stereocenters. The maximum absolute atomic E-state index is 4.58. The molecule has 0 atom stereocenters.